The molecule has 0 fully saturated rings. The van der Waals surface area contributed by atoms with Crippen molar-refractivity contribution in [3.05, 3.63) is 97.7 Å². The summed E-state index contributed by atoms with van der Waals surface area (Å²) in [4.78, 5) is 18.2. The molecule has 3 aromatic carbocycles. The Kier molecular flexibility index (Phi) is 8.42. The van der Waals surface area contributed by atoms with Gasteiger partial charge in [0, 0.05) is 39.6 Å². The van der Waals surface area contributed by atoms with Gasteiger partial charge in [0.1, 0.15) is 0 Å². The molecule has 0 aliphatic rings. The monoisotopic (exact) mass is 615 g/mol. The van der Waals surface area contributed by atoms with Gasteiger partial charge in [-0.2, -0.15) is 4.31 Å². The van der Waals surface area contributed by atoms with E-state index < -0.39 is 15.6 Å². The first-order chi connectivity index (χ1) is 18.1. The first kappa shape index (κ1) is 28.0. The number of fused-ring (bicyclic) bond motifs is 1. The molecule has 10 heteroatoms. The Morgan fingerprint density at radius 3 is 2.39 bits per heavy atom. The van der Waals surface area contributed by atoms with Gasteiger partial charge in [0.2, 0.25) is 15.9 Å². The van der Waals surface area contributed by atoms with E-state index in [-0.39, 0.29) is 22.5 Å². The zero-order valence-electron chi connectivity index (χ0n) is 21.1. The highest BCUT2D eigenvalue weighted by molar-refractivity contribution is 9.10. The molecule has 0 aliphatic carbocycles. The molecule has 1 atom stereocenters. The molecule has 4 rings (SSSR count). The van der Waals surface area contributed by atoms with Crippen molar-refractivity contribution in [3.8, 4) is 11.6 Å². The van der Waals surface area contributed by atoms with E-state index in [4.69, 9.17) is 11.6 Å². The molecule has 1 aromatic heterocycles. The molecule has 38 heavy (non-hydrogen) atoms. The van der Waals surface area contributed by atoms with E-state index in [1.807, 2.05) is 13.0 Å². The van der Waals surface area contributed by atoms with Crippen LogP contribution in [-0.4, -0.2) is 41.7 Å². The highest BCUT2D eigenvalue weighted by atomic mass is 79.9. The Labute approximate surface area is 235 Å². The highest BCUT2D eigenvalue weighted by Crippen LogP contribution is 2.31. The number of hydrogen-bond acceptors (Lipinski definition) is 5. The SMILES string of the molecule is CCN(CC)S(=O)(=O)c1cccc(-n2c(O)c(C=N[C@H](C)c3ccc(Cl)cc3Br)c3ccccc3c2=O)c1. The summed E-state index contributed by atoms with van der Waals surface area (Å²) in [7, 11) is -3.77. The third kappa shape index (κ3) is 5.29. The van der Waals surface area contributed by atoms with Crippen LogP contribution in [0.1, 0.15) is 37.9 Å². The second kappa shape index (κ2) is 11.4. The summed E-state index contributed by atoms with van der Waals surface area (Å²) in [5.74, 6) is -0.336. The Bertz CT molecular complexity index is 1700. The molecule has 0 aliphatic heterocycles. The van der Waals surface area contributed by atoms with E-state index in [9.17, 15) is 18.3 Å². The van der Waals surface area contributed by atoms with Gasteiger partial charge in [0.15, 0.2) is 0 Å². The summed E-state index contributed by atoms with van der Waals surface area (Å²) in [6, 6.07) is 18.1. The maximum Gasteiger partial charge on any atom is 0.265 e. The Morgan fingerprint density at radius 2 is 1.74 bits per heavy atom. The number of aromatic hydroxyl groups is 1. The van der Waals surface area contributed by atoms with E-state index in [1.54, 1.807) is 62.4 Å². The molecule has 1 N–H and O–H groups in total. The average Bonchev–Trinajstić information content (AvgIpc) is 2.89. The number of nitrogens with zero attached hydrogens (tertiary/aromatic N) is 3. The summed E-state index contributed by atoms with van der Waals surface area (Å²) in [5.41, 5.74) is 1.00. The summed E-state index contributed by atoms with van der Waals surface area (Å²) < 4.78 is 29.5. The normalized spacial score (nSPS) is 13.0. The van der Waals surface area contributed by atoms with E-state index in [2.05, 4.69) is 20.9 Å². The van der Waals surface area contributed by atoms with Crippen LogP contribution >= 0.6 is 27.5 Å². The lowest BCUT2D eigenvalue weighted by Gasteiger charge is -2.19. The van der Waals surface area contributed by atoms with Gasteiger partial charge in [-0.25, -0.2) is 13.0 Å². The number of hydrogen-bond donors (Lipinski definition) is 1. The van der Waals surface area contributed by atoms with Crippen LogP contribution in [0, 0.1) is 0 Å². The highest BCUT2D eigenvalue weighted by Gasteiger charge is 2.23. The van der Waals surface area contributed by atoms with Crippen LogP contribution < -0.4 is 5.56 Å². The number of rotatable bonds is 8. The van der Waals surface area contributed by atoms with E-state index in [0.29, 0.717) is 34.4 Å². The van der Waals surface area contributed by atoms with Crippen LogP contribution in [0.25, 0.3) is 16.5 Å². The summed E-state index contributed by atoms with van der Waals surface area (Å²) in [6.45, 7) is 6.06. The molecular weight excluding hydrogens is 590 g/mol. The molecule has 0 unspecified atom stereocenters. The molecular formula is C28H27BrClN3O4S. The summed E-state index contributed by atoms with van der Waals surface area (Å²) >= 11 is 9.59. The first-order valence-corrected chi connectivity index (χ1v) is 14.7. The zero-order valence-corrected chi connectivity index (χ0v) is 24.3. The van der Waals surface area contributed by atoms with E-state index in [1.165, 1.54) is 22.7 Å². The minimum atomic E-state index is -3.77. The third-order valence-corrected chi connectivity index (χ3v) is 9.33. The van der Waals surface area contributed by atoms with Gasteiger partial charge in [-0.15, -0.1) is 0 Å². The quantitative estimate of drug-likeness (QED) is 0.235. The number of benzene rings is 3. The molecule has 0 amide bonds. The molecule has 0 radical (unpaired) electrons. The Morgan fingerprint density at radius 1 is 1.05 bits per heavy atom. The fraction of sp³-hybridized carbons (Fsp3) is 0.214. The van der Waals surface area contributed by atoms with Gasteiger partial charge in [-0.05, 0) is 48.9 Å². The molecule has 0 spiro atoms. The zero-order chi connectivity index (χ0) is 27.6. The van der Waals surface area contributed by atoms with Crippen LogP contribution in [0.2, 0.25) is 5.02 Å². The largest absolute Gasteiger partial charge is 0.494 e. The predicted molar refractivity (Wildman–Crippen MR) is 156 cm³/mol. The first-order valence-electron chi connectivity index (χ1n) is 12.1. The second-order valence-corrected chi connectivity index (χ2v) is 11.9. The van der Waals surface area contributed by atoms with Crippen LogP contribution in [0.4, 0.5) is 0 Å². The number of halogens is 2. The molecule has 0 bridgehead atoms. The molecule has 1 heterocycles. The number of aromatic nitrogens is 1. The van der Waals surface area contributed by atoms with Crippen molar-refractivity contribution in [2.75, 3.05) is 13.1 Å². The topological polar surface area (TPSA) is 92.0 Å². The lowest BCUT2D eigenvalue weighted by Crippen LogP contribution is -2.30. The summed E-state index contributed by atoms with van der Waals surface area (Å²) in [6.07, 6.45) is 1.54. The Hall–Kier alpha value is -2.98. The van der Waals surface area contributed by atoms with Gasteiger partial charge in [0.25, 0.3) is 5.56 Å². The number of aliphatic imine (C=N–C) groups is 1. The molecule has 0 saturated heterocycles. The Balaban J connectivity index is 1.89. The van der Waals surface area contributed by atoms with Gasteiger partial charge in [0.05, 0.1) is 22.2 Å². The fourth-order valence-corrected chi connectivity index (χ4v) is 6.84. The minimum Gasteiger partial charge on any atom is -0.494 e. The van der Waals surface area contributed by atoms with Crippen LogP contribution in [0.15, 0.2) is 85.9 Å². The van der Waals surface area contributed by atoms with Crippen molar-refractivity contribution in [1.82, 2.24) is 8.87 Å². The van der Waals surface area contributed by atoms with Crippen LogP contribution in [-0.2, 0) is 10.0 Å². The average molecular weight is 617 g/mol. The lowest BCUT2D eigenvalue weighted by atomic mass is 10.1. The smallest absolute Gasteiger partial charge is 0.265 e. The maximum atomic E-state index is 13.5. The minimum absolute atomic E-state index is 0.0367. The maximum absolute atomic E-state index is 13.5. The second-order valence-electron chi connectivity index (χ2n) is 8.63. The van der Waals surface area contributed by atoms with Crippen LogP contribution in [0.3, 0.4) is 0 Å². The molecule has 0 saturated carbocycles. The van der Waals surface area contributed by atoms with Crippen molar-refractivity contribution in [3.63, 3.8) is 0 Å². The lowest BCUT2D eigenvalue weighted by molar-refractivity contribution is 0.435. The molecule has 7 nitrogen and oxygen atoms in total. The van der Waals surface area contributed by atoms with E-state index in [0.717, 1.165) is 14.6 Å². The van der Waals surface area contributed by atoms with Gasteiger partial charge in [-0.1, -0.05) is 71.7 Å². The van der Waals surface area contributed by atoms with Gasteiger partial charge in [-0.3, -0.25) is 9.79 Å². The molecule has 198 valence electrons. The van der Waals surface area contributed by atoms with Gasteiger partial charge >= 0.3 is 0 Å². The summed E-state index contributed by atoms with van der Waals surface area (Å²) in [5, 5.41) is 12.9. The number of sulfonamides is 1. The van der Waals surface area contributed by atoms with Crippen molar-refractivity contribution < 1.29 is 13.5 Å². The van der Waals surface area contributed by atoms with Crippen molar-refractivity contribution in [2.45, 2.75) is 31.7 Å². The van der Waals surface area contributed by atoms with Gasteiger partial charge < -0.3 is 5.11 Å². The van der Waals surface area contributed by atoms with Crippen molar-refractivity contribution in [2.24, 2.45) is 4.99 Å². The van der Waals surface area contributed by atoms with Crippen molar-refractivity contribution in [1.29, 1.82) is 0 Å². The third-order valence-electron chi connectivity index (χ3n) is 6.36. The van der Waals surface area contributed by atoms with Crippen molar-refractivity contribution >= 4 is 54.5 Å². The predicted octanol–water partition coefficient (Wildman–Crippen LogP) is 6.32. The van der Waals surface area contributed by atoms with Crippen LogP contribution in [0.5, 0.6) is 5.88 Å². The standard InChI is InChI=1S/C28H27BrClN3O4S/c1-4-32(5-2)38(36,37)21-10-8-9-20(16-21)33-27(34)24-12-7-6-11-23(24)25(28(33)35)17-31-18(3)22-14-13-19(30)15-26(22)29/h6-18,35H,4-5H2,1-3H3/t18-/m1/s1. The number of pyridine rings is 1. The molecule has 4 aromatic rings. The van der Waals surface area contributed by atoms with E-state index >= 15 is 0 Å². The fourth-order valence-electron chi connectivity index (χ4n) is 4.33.